The molecule has 0 bridgehead atoms. The molecule has 2 heterocycles. The number of benzene rings is 2. The summed E-state index contributed by atoms with van der Waals surface area (Å²) in [5.41, 5.74) is 0.856. The Kier molecular flexibility index (Phi) is 8.27. The number of carbonyl (C=O) groups excluding carboxylic acids is 1. The van der Waals surface area contributed by atoms with Gasteiger partial charge in [-0.25, -0.2) is 0 Å². The predicted molar refractivity (Wildman–Crippen MR) is 142 cm³/mol. The summed E-state index contributed by atoms with van der Waals surface area (Å²) in [5, 5.41) is 15.7. The van der Waals surface area contributed by atoms with Crippen LogP contribution in [0.4, 0.5) is 0 Å². The molecule has 10 heteroatoms. The molecule has 2 aromatic carbocycles. The van der Waals surface area contributed by atoms with Crippen LogP contribution in [-0.2, 0) is 4.79 Å². The van der Waals surface area contributed by atoms with E-state index in [9.17, 15) is 4.79 Å². The number of hydrazone groups is 1. The summed E-state index contributed by atoms with van der Waals surface area (Å²) in [4.78, 5) is 16.8. The zero-order valence-electron chi connectivity index (χ0n) is 20.4. The number of amidine groups is 2. The van der Waals surface area contributed by atoms with Gasteiger partial charge >= 0.3 is 0 Å². The predicted octanol–water partition coefficient (Wildman–Crippen LogP) is 4.97. The third-order valence-electron chi connectivity index (χ3n) is 5.21. The molecule has 188 valence electrons. The number of fused-ring (bicyclic) bond motifs is 1. The second-order valence-electron chi connectivity index (χ2n) is 7.75. The summed E-state index contributed by atoms with van der Waals surface area (Å²) in [7, 11) is 1.60. The Hall–Kier alpha value is -3.79. The average Bonchev–Trinajstić information content (AvgIpc) is 3.28. The minimum absolute atomic E-state index is 0.00961. The van der Waals surface area contributed by atoms with E-state index in [4.69, 9.17) is 24.4 Å². The number of nitrogens with one attached hydrogen (secondary N) is 1. The second-order valence-corrected chi connectivity index (χ2v) is 8.79. The van der Waals surface area contributed by atoms with E-state index in [1.165, 1.54) is 16.8 Å². The number of hydrogen-bond donors (Lipinski definition) is 1. The average molecular weight is 509 g/mol. The molecular weight excluding hydrogens is 480 g/mol. The van der Waals surface area contributed by atoms with Crippen molar-refractivity contribution in [1.82, 2.24) is 5.01 Å². The van der Waals surface area contributed by atoms with E-state index in [1.54, 1.807) is 31.4 Å². The monoisotopic (exact) mass is 508 g/mol. The molecule has 2 aliphatic heterocycles. The quantitative estimate of drug-likeness (QED) is 0.337. The van der Waals surface area contributed by atoms with Crippen molar-refractivity contribution in [2.24, 2.45) is 10.1 Å². The SMILES string of the molecule is CCCC1=NN2C(=N)/C(=C/c3ccc(OCCOc4ccccc4OC)c(OCC)c3)C(=O)N=C2S1. The van der Waals surface area contributed by atoms with Crippen molar-refractivity contribution in [1.29, 1.82) is 5.41 Å². The molecule has 0 saturated heterocycles. The molecule has 4 rings (SSSR count). The van der Waals surface area contributed by atoms with E-state index in [-0.39, 0.29) is 11.4 Å². The van der Waals surface area contributed by atoms with Crippen LogP contribution in [0.1, 0.15) is 32.3 Å². The number of thioether (sulfide) groups is 1. The first kappa shape index (κ1) is 25.3. The van der Waals surface area contributed by atoms with Crippen LogP contribution in [0.5, 0.6) is 23.0 Å². The van der Waals surface area contributed by atoms with Crippen LogP contribution in [0.2, 0.25) is 0 Å². The first-order valence-corrected chi connectivity index (χ1v) is 12.5. The van der Waals surface area contributed by atoms with Crippen LogP contribution in [0, 0.1) is 5.41 Å². The van der Waals surface area contributed by atoms with Gasteiger partial charge < -0.3 is 18.9 Å². The van der Waals surface area contributed by atoms with Gasteiger partial charge in [-0.05, 0) is 67.4 Å². The van der Waals surface area contributed by atoms with E-state index in [1.807, 2.05) is 31.2 Å². The number of methoxy groups -OCH3 is 1. The normalized spacial score (nSPS) is 16.0. The number of carbonyl (C=O) groups is 1. The Morgan fingerprint density at radius 3 is 2.42 bits per heavy atom. The molecule has 1 amide bonds. The molecule has 0 aliphatic carbocycles. The molecule has 0 fully saturated rings. The molecule has 1 N–H and O–H groups in total. The Balaban J connectivity index is 1.46. The molecule has 0 radical (unpaired) electrons. The zero-order valence-corrected chi connectivity index (χ0v) is 21.3. The largest absolute Gasteiger partial charge is 0.493 e. The fourth-order valence-electron chi connectivity index (χ4n) is 3.56. The third kappa shape index (κ3) is 5.71. The lowest BCUT2D eigenvalue weighted by atomic mass is 10.1. The summed E-state index contributed by atoms with van der Waals surface area (Å²) >= 11 is 1.34. The van der Waals surface area contributed by atoms with Crippen molar-refractivity contribution in [2.75, 3.05) is 26.9 Å². The molecular formula is C26H28N4O5S. The van der Waals surface area contributed by atoms with Crippen LogP contribution >= 0.6 is 11.8 Å². The van der Waals surface area contributed by atoms with Crippen molar-refractivity contribution in [3.63, 3.8) is 0 Å². The highest BCUT2D eigenvalue weighted by Crippen LogP contribution is 2.32. The summed E-state index contributed by atoms with van der Waals surface area (Å²) < 4.78 is 22.7. The molecule has 9 nitrogen and oxygen atoms in total. The van der Waals surface area contributed by atoms with E-state index in [2.05, 4.69) is 17.0 Å². The van der Waals surface area contributed by atoms with Crippen LogP contribution in [0.15, 0.2) is 58.1 Å². The van der Waals surface area contributed by atoms with Gasteiger partial charge in [-0.15, -0.1) is 0 Å². The van der Waals surface area contributed by atoms with E-state index in [0.29, 0.717) is 53.5 Å². The van der Waals surface area contributed by atoms with Gasteiger partial charge in [0.2, 0.25) is 5.17 Å². The maximum Gasteiger partial charge on any atom is 0.283 e. The lowest BCUT2D eigenvalue weighted by Gasteiger charge is -2.20. The van der Waals surface area contributed by atoms with Crippen LogP contribution in [0.25, 0.3) is 6.08 Å². The standard InChI is InChI=1S/C26H28N4O5S/c1-4-8-23-29-30-24(27)18(25(31)28-26(30)36-23)15-17-11-12-21(22(16-17)33-5-2)35-14-13-34-20-10-7-6-9-19(20)32-3/h6-7,9-12,15-16,27H,4-5,8,13-14H2,1-3H3/b18-15-,27-24?. The first-order valence-electron chi connectivity index (χ1n) is 11.7. The number of nitrogens with zero attached hydrogens (tertiary/aromatic N) is 3. The van der Waals surface area contributed by atoms with Gasteiger partial charge in [-0.3, -0.25) is 10.2 Å². The summed E-state index contributed by atoms with van der Waals surface area (Å²) in [6.07, 6.45) is 3.34. The zero-order chi connectivity index (χ0) is 25.5. The number of para-hydroxylation sites is 2. The van der Waals surface area contributed by atoms with Crippen molar-refractivity contribution in [3.8, 4) is 23.0 Å². The maximum absolute atomic E-state index is 12.7. The highest BCUT2D eigenvalue weighted by molar-refractivity contribution is 8.26. The smallest absolute Gasteiger partial charge is 0.283 e. The van der Waals surface area contributed by atoms with Crippen molar-refractivity contribution in [2.45, 2.75) is 26.7 Å². The molecule has 0 unspecified atom stereocenters. The van der Waals surface area contributed by atoms with Gasteiger partial charge in [-0.1, -0.05) is 25.1 Å². The molecule has 0 aromatic heterocycles. The van der Waals surface area contributed by atoms with Gasteiger partial charge in [0.25, 0.3) is 5.91 Å². The lowest BCUT2D eigenvalue weighted by Crippen LogP contribution is -2.35. The molecule has 2 aromatic rings. The van der Waals surface area contributed by atoms with Gasteiger partial charge in [-0.2, -0.15) is 15.1 Å². The van der Waals surface area contributed by atoms with Crippen molar-refractivity contribution in [3.05, 3.63) is 53.6 Å². The van der Waals surface area contributed by atoms with E-state index < -0.39 is 5.91 Å². The van der Waals surface area contributed by atoms with Gasteiger partial charge in [0.1, 0.15) is 18.3 Å². The Morgan fingerprint density at radius 1 is 1.00 bits per heavy atom. The lowest BCUT2D eigenvalue weighted by molar-refractivity contribution is -0.114. The highest BCUT2D eigenvalue weighted by Gasteiger charge is 2.35. The highest BCUT2D eigenvalue weighted by atomic mass is 32.2. The third-order valence-corrected chi connectivity index (χ3v) is 6.17. The number of amides is 1. The summed E-state index contributed by atoms with van der Waals surface area (Å²) in [6.45, 7) is 4.99. The molecule has 0 spiro atoms. The van der Waals surface area contributed by atoms with Crippen LogP contribution in [-0.4, -0.2) is 53.9 Å². The van der Waals surface area contributed by atoms with E-state index in [0.717, 1.165) is 17.9 Å². The Labute approximate surface area is 214 Å². The van der Waals surface area contributed by atoms with Crippen LogP contribution in [0.3, 0.4) is 0 Å². The molecule has 36 heavy (non-hydrogen) atoms. The first-order chi connectivity index (χ1) is 17.5. The molecule has 2 aliphatic rings. The summed E-state index contributed by atoms with van der Waals surface area (Å²) in [6, 6.07) is 12.8. The van der Waals surface area contributed by atoms with Crippen molar-refractivity contribution >= 4 is 39.8 Å². The number of aliphatic imine (C=N–C) groups is 1. The van der Waals surface area contributed by atoms with Gasteiger partial charge in [0.05, 0.1) is 19.3 Å². The van der Waals surface area contributed by atoms with Crippen molar-refractivity contribution < 1.29 is 23.7 Å². The second kappa shape index (κ2) is 11.8. The molecule has 0 saturated carbocycles. The fraction of sp³-hybridized carbons (Fsp3) is 0.308. The maximum atomic E-state index is 12.7. The van der Waals surface area contributed by atoms with Gasteiger partial charge in [0, 0.05) is 0 Å². The number of hydrogen-bond acceptors (Lipinski definition) is 8. The molecule has 0 atom stereocenters. The number of rotatable bonds is 11. The van der Waals surface area contributed by atoms with E-state index >= 15 is 0 Å². The Morgan fingerprint density at radius 2 is 1.72 bits per heavy atom. The minimum Gasteiger partial charge on any atom is -0.493 e. The number of ether oxygens (including phenoxy) is 4. The van der Waals surface area contributed by atoms with Crippen LogP contribution < -0.4 is 18.9 Å². The summed E-state index contributed by atoms with van der Waals surface area (Å²) in [5.74, 6) is 1.93. The van der Waals surface area contributed by atoms with Gasteiger partial charge in [0.15, 0.2) is 28.8 Å². The minimum atomic E-state index is -0.460. The fourth-order valence-corrected chi connectivity index (χ4v) is 4.54. The Bertz CT molecular complexity index is 1240. The topological polar surface area (TPSA) is 106 Å².